The van der Waals surface area contributed by atoms with Gasteiger partial charge in [0.05, 0.1) is 0 Å². The van der Waals surface area contributed by atoms with Gasteiger partial charge in [0.2, 0.25) is 0 Å². The number of hydrogen-bond acceptors (Lipinski definition) is 2. The highest BCUT2D eigenvalue weighted by molar-refractivity contribution is 5.14. The summed E-state index contributed by atoms with van der Waals surface area (Å²) >= 11 is 0. The van der Waals surface area contributed by atoms with Crippen LogP contribution in [0.4, 0.5) is 0 Å². The van der Waals surface area contributed by atoms with Gasteiger partial charge in [0.1, 0.15) is 0 Å². The lowest BCUT2D eigenvalue weighted by molar-refractivity contribution is 0.149. The molecule has 1 saturated heterocycles. The summed E-state index contributed by atoms with van der Waals surface area (Å²) in [7, 11) is 0. The van der Waals surface area contributed by atoms with Crippen LogP contribution in [0, 0.1) is 0 Å². The first kappa shape index (κ1) is 11.6. The van der Waals surface area contributed by atoms with Crippen molar-refractivity contribution in [2.75, 3.05) is 13.1 Å². The molecule has 0 aliphatic carbocycles. The second kappa shape index (κ2) is 5.46. The van der Waals surface area contributed by atoms with Gasteiger partial charge >= 0.3 is 0 Å². The molecule has 1 aromatic rings. The van der Waals surface area contributed by atoms with Gasteiger partial charge in [0.15, 0.2) is 0 Å². The van der Waals surface area contributed by atoms with Crippen molar-refractivity contribution in [1.82, 2.24) is 4.90 Å². The third kappa shape index (κ3) is 3.06. The molecule has 0 saturated carbocycles. The van der Waals surface area contributed by atoms with E-state index in [9.17, 15) is 0 Å². The molecule has 0 amide bonds. The molecule has 2 N–H and O–H groups in total. The van der Waals surface area contributed by atoms with E-state index in [1.54, 1.807) is 0 Å². The molecule has 2 heteroatoms. The highest BCUT2D eigenvalue weighted by atomic mass is 15.2. The molecule has 2 atom stereocenters. The predicted molar refractivity (Wildman–Crippen MR) is 68.4 cm³/mol. The fourth-order valence-electron chi connectivity index (χ4n) is 2.51. The summed E-state index contributed by atoms with van der Waals surface area (Å²) in [5.74, 6) is 0. The van der Waals surface area contributed by atoms with Crippen molar-refractivity contribution in [3.8, 4) is 0 Å². The maximum atomic E-state index is 5.97. The van der Waals surface area contributed by atoms with Crippen molar-refractivity contribution in [1.29, 1.82) is 0 Å². The molecule has 0 bridgehead atoms. The van der Waals surface area contributed by atoms with Gasteiger partial charge in [0.25, 0.3) is 0 Å². The summed E-state index contributed by atoms with van der Waals surface area (Å²) in [6, 6.07) is 11.8. The molecule has 1 aliphatic rings. The summed E-state index contributed by atoms with van der Waals surface area (Å²) in [5.41, 5.74) is 7.40. The molecule has 2 nitrogen and oxygen atoms in total. The zero-order valence-corrected chi connectivity index (χ0v) is 10.1. The van der Waals surface area contributed by atoms with E-state index in [0.717, 1.165) is 32.4 Å². The van der Waals surface area contributed by atoms with E-state index in [0.29, 0.717) is 12.1 Å². The van der Waals surface area contributed by atoms with Crippen LogP contribution in [0.1, 0.15) is 25.3 Å². The fourth-order valence-corrected chi connectivity index (χ4v) is 2.51. The van der Waals surface area contributed by atoms with Gasteiger partial charge in [-0.2, -0.15) is 0 Å². The minimum absolute atomic E-state index is 0.419. The molecule has 2 unspecified atom stereocenters. The summed E-state index contributed by atoms with van der Waals surface area (Å²) < 4.78 is 0. The first-order valence-electron chi connectivity index (χ1n) is 6.29. The van der Waals surface area contributed by atoms with Crippen molar-refractivity contribution < 1.29 is 0 Å². The Labute approximate surface area is 98.4 Å². The normalized spacial score (nSPS) is 26.9. The lowest BCUT2D eigenvalue weighted by Crippen LogP contribution is -2.46. The second-order valence-electron chi connectivity index (χ2n) is 4.91. The van der Waals surface area contributed by atoms with Crippen LogP contribution in [0.15, 0.2) is 30.3 Å². The standard InChI is InChI=1S/C14H22N2/c1-12-11-14(15)8-10-16(12)9-7-13-5-3-2-4-6-13/h2-6,12,14H,7-11,15H2,1H3. The summed E-state index contributed by atoms with van der Waals surface area (Å²) in [6.45, 7) is 4.62. The van der Waals surface area contributed by atoms with Crippen LogP contribution in [0.25, 0.3) is 0 Å². The van der Waals surface area contributed by atoms with E-state index >= 15 is 0 Å². The van der Waals surface area contributed by atoms with Crippen molar-refractivity contribution in [2.24, 2.45) is 5.73 Å². The van der Waals surface area contributed by atoms with Crippen LogP contribution in [-0.4, -0.2) is 30.1 Å². The highest BCUT2D eigenvalue weighted by Crippen LogP contribution is 2.16. The van der Waals surface area contributed by atoms with E-state index < -0.39 is 0 Å². The molecular formula is C14H22N2. The van der Waals surface area contributed by atoms with E-state index in [4.69, 9.17) is 5.73 Å². The highest BCUT2D eigenvalue weighted by Gasteiger charge is 2.22. The first-order chi connectivity index (χ1) is 7.75. The van der Waals surface area contributed by atoms with E-state index in [-0.39, 0.29) is 0 Å². The van der Waals surface area contributed by atoms with Gasteiger partial charge in [0, 0.05) is 18.6 Å². The Morgan fingerprint density at radius 1 is 1.31 bits per heavy atom. The number of piperidine rings is 1. The van der Waals surface area contributed by atoms with Gasteiger partial charge in [-0.05, 0) is 38.3 Å². The molecule has 0 spiro atoms. The van der Waals surface area contributed by atoms with Gasteiger partial charge < -0.3 is 10.6 Å². The molecule has 2 rings (SSSR count). The monoisotopic (exact) mass is 218 g/mol. The number of hydrogen-bond donors (Lipinski definition) is 1. The Bertz CT molecular complexity index is 310. The Morgan fingerprint density at radius 3 is 2.75 bits per heavy atom. The molecule has 0 radical (unpaired) electrons. The maximum absolute atomic E-state index is 5.97. The summed E-state index contributed by atoms with van der Waals surface area (Å²) in [5, 5.41) is 0. The average molecular weight is 218 g/mol. The van der Waals surface area contributed by atoms with Crippen LogP contribution in [-0.2, 0) is 6.42 Å². The SMILES string of the molecule is CC1CC(N)CCN1CCc1ccccc1. The quantitative estimate of drug-likeness (QED) is 0.841. The molecule has 1 aliphatic heterocycles. The van der Waals surface area contributed by atoms with Crippen LogP contribution < -0.4 is 5.73 Å². The first-order valence-corrected chi connectivity index (χ1v) is 6.29. The summed E-state index contributed by atoms with van der Waals surface area (Å²) in [6.07, 6.45) is 3.45. The third-order valence-electron chi connectivity index (χ3n) is 3.58. The Hall–Kier alpha value is -0.860. The molecular weight excluding hydrogens is 196 g/mol. The molecule has 1 heterocycles. The maximum Gasteiger partial charge on any atom is 0.00818 e. The summed E-state index contributed by atoms with van der Waals surface area (Å²) in [4.78, 5) is 2.57. The van der Waals surface area contributed by atoms with Gasteiger partial charge in [-0.25, -0.2) is 0 Å². The molecule has 0 aromatic heterocycles. The van der Waals surface area contributed by atoms with Crippen molar-refractivity contribution in [3.05, 3.63) is 35.9 Å². The zero-order valence-electron chi connectivity index (χ0n) is 10.1. The predicted octanol–water partition coefficient (Wildman–Crippen LogP) is 2.04. The van der Waals surface area contributed by atoms with Crippen molar-refractivity contribution >= 4 is 0 Å². The Morgan fingerprint density at radius 2 is 2.06 bits per heavy atom. The van der Waals surface area contributed by atoms with Crippen LogP contribution in [0.5, 0.6) is 0 Å². The second-order valence-corrected chi connectivity index (χ2v) is 4.91. The van der Waals surface area contributed by atoms with E-state index in [2.05, 4.69) is 42.2 Å². The molecule has 1 aromatic carbocycles. The van der Waals surface area contributed by atoms with Crippen LogP contribution in [0.2, 0.25) is 0 Å². The minimum Gasteiger partial charge on any atom is -0.328 e. The molecule has 16 heavy (non-hydrogen) atoms. The molecule has 1 fully saturated rings. The number of nitrogens with two attached hydrogens (primary N) is 1. The fraction of sp³-hybridized carbons (Fsp3) is 0.571. The largest absolute Gasteiger partial charge is 0.328 e. The number of benzene rings is 1. The lowest BCUT2D eigenvalue weighted by Gasteiger charge is -2.36. The number of nitrogens with zero attached hydrogens (tertiary/aromatic N) is 1. The minimum atomic E-state index is 0.419. The van der Waals surface area contributed by atoms with Gasteiger partial charge in [-0.15, -0.1) is 0 Å². The Kier molecular flexibility index (Phi) is 3.97. The van der Waals surface area contributed by atoms with Crippen molar-refractivity contribution in [2.45, 2.75) is 38.3 Å². The Balaban J connectivity index is 1.82. The number of likely N-dealkylation sites (tertiary alicyclic amines) is 1. The van der Waals surface area contributed by atoms with E-state index in [1.807, 2.05) is 0 Å². The zero-order chi connectivity index (χ0) is 11.4. The van der Waals surface area contributed by atoms with Crippen molar-refractivity contribution in [3.63, 3.8) is 0 Å². The molecule has 88 valence electrons. The van der Waals surface area contributed by atoms with Crippen LogP contribution in [0.3, 0.4) is 0 Å². The lowest BCUT2D eigenvalue weighted by atomic mass is 9.98. The average Bonchev–Trinajstić information content (AvgIpc) is 2.29. The van der Waals surface area contributed by atoms with Gasteiger partial charge in [-0.1, -0.05) is 30.3 Å². The number of rotatable bonds is 3. The topological polar surface area (TPSA) is 29.3 Å². The van der Waals surface area contributed by atoms with Gasteiger partial charge in [-0.3, -0.25) is 0 Å². The van der Waals surface area contributed by atoms with E-state index in [1.165, 1.54) is 5.56 Å². The third-order valence-corrected chi connectivity index (χ3v) is 3.58. The van der Waals surface area contributed by atoms with Crippen LogP contribution >= 0.6 is 0 Å². The smallest absolute Gasteiger partial charge is 0.00818 e.